The normalized spacial score (nSPS) is 15.5. The Labute approximate surface area is 200 Å². The first-order chi connectivity index (χ1) is 16.5. The smallest absolute Gasteiger partial charge is 0.274 e. The SMILES string of the molecule is O=[N+]([O-])C=C(NCCCOc1cccc(CN2CCCCC2)c1)NCC(O)c1ccc(O)cc1. The molecule has 0 amide bonds. The number of rotatable bonds is 13. The van der Waals surface area contributed by atoms with E-state index in [-0.39, 0.29) is 18.1 Å². The van der Waals surface area contributed by atoms with Gasteiger partial charge in [0.15, 0.2) is 5.82 Å². The molecule has 1 fully saturated rings. The first-order valence-electron chi connectivity index (χ1n) is 11.7. The van der Waals surface area contributed by atoms with Crippen LogP contribution in [0, 0.1) is 10.1 Å². The molecule has 9 heteroatoms. The minimum atomic E-state index is -0.877. The maximum absolute atomic E-state index is 10.9. The van der Waals surface area contributed by atoms with Crippen molar-refractivity contribution < 1.29 is 19.9 Å². The molecule has 1 saturated heterocycles. The molecule has 0 bridgehead atoms. The molecule has 1 unspecified atom stereocenters. The summed E-state index contributed by atoms with van der Waals surface area (Å²) in [6.45, 7) is 4.26. The summed E-state index contributed by atoms with van der Waals surface area (Å²) >= 11 is 0. The third kappa shape index (κ3) is 8.92. The molecule has 1 aliphatic rings. The van der Waals surface area contributed by atoms with Crippen LogP contribution in [-0.2, 0) is 6.54 Å². The van der Waals surface area contributed by atoms with Gasteiger partial charge >= 0.3 is 0 Å². The van der Waals surface area contributed by atoms with E-state index in [1.54, 1.807) is 12.1 Å². The van der Waals surface area contributed by atoms with E-state index in [0.29, 0.717) is 25.1 Å². The molecule has 9 nitrogen and oxygen atoms in total. The molecule has 0 aromatic heterocycles. The summed E-state index contributed by atoms with van der Waals surface area (Å²) in [6, 6.07) is 14.3. The van der Waals surface area contributed by atoms with Gasteiger partial charge in [-0.2, -0.15) is 0 Å². The molecule has 1 atom stereocenters. The average molecular weight is 471 g/mol. The van der Waals surface area contributed by atoms with E-state index in [1.165, 1.54) is 37.0 Å². The topological polar surface area (TPSA) is 120 Å². The van der Waals surface area contributed by atoms with E-state index in [0.717, 1.165) is 31.6 Å². The summed E-state index contributed by atoms with van der Waals surface area (Å²) in [5, 5.41) is 36.4. The zero-order valence-corrected chi connectivity index (χ0v) is 19.4. The molecule has 2 aromatic carbocycles. The summed E-state index contributed by atoms with van der Waals surface area (Å²) in [5.74, 6) is 1.15. The lowest BCUT2D eigenvalue weighted by atomic mass is 10.1. The Morgan fingerprint density at radius 1 is 1.15 bits per heavy atom. The summed E-state index contributed by atoms with van der Waals surface area (Å²) in [4.78, 5) is 12.9. The van der Waals surface area contributed by atoms with Crippen molar-refractivity contribution in [2.24, 2.45) is 0 Å². The van der Waals surface area contributed by atoms with Crippen molar-refractivity contribution in [2.75, 3.05) is 32.8 Å². The van der Waals surface area contributed by atoms with E-state index >= 15 is 0 Å². The van der Waals surface area contributed by atoms with Gasteiger partial charge in [-0.15, -0.1) is 0 Å². The van der Waals surface area contributed by atoms with E-state index in [2.05, 4.69) is 27.7 Å². The number of nitro groups is 1. The Morgan fingerprint density at radius 2 is 1.91 bits per heavy atom. The van der Waals surface area contributed by atoms with Gasteiger partial charge in [0.05, 0.1) is 17.6 Å². The fraction of sp³-hybridized carbons (Fsp3) is 0.440. The second-order valence-electron chi connectivity index (χ2n) is 8.43. The van der Waals surface area contributed by atoms with E-state index in [9.17, 15) is 20.3 Å². The molecule has 0 radical (unpaired) electrons. The molecule has 2 aromatic rings. The standard InChI is InChI=1S/C25H34N4O5/c30-22-10-8-21(9-11-22)24(31)17-27-25(19-29(32)33)26-12-5-15-34-23-7-4-6-20(16-23)18-28-13-2-1-3-14-28/h4,6-11,16,19,24,26-27,30-31H,1-3,5,12-15,17-18H2. The summed E-state index contributed by atoms with van der Waals surface area (Å²) in [7, 11) is 0. The number of ether oxygens (including phenoxy) is 1. The van der Waals surface area contributed by atoms with Crippen LogP contribution < -0.4 is 15.4 Å². The molecular formula is C25H34N4O5. The van der Waals surface area contributed by atoms with Crippen LogP contribution in [0.5, 0.6) is 11.5 Å². The predicted octanol–water partition coefficient (Wildman–Crippen LogP) is 3.14. The number of likely N-dealkylation sites (tertiary alicyclic amines) is 1. The van der Waals surface area contributed by atoms with Crippen molar-refractivity contribution in [2.45, 2.75) is 38.3 Å². The minimum absolute atomic E-state index is 0.0811. The zero-order chi connectivity index (χ0) is 24.2. The fourth-order valence-electron chi connectivity index (χ4n) is 3.87. The Hall–Kier alpha value is -3.30. The van der Waals surface area contributed by atoms with E-state index in [1.807, 2.05) is 12.1 Å². The lowest BCUT2D eigenvalue weighted by Gasteiger charge is -2.26. The van der Waals surface area contributed by atoms with Crippen LogP contribution in [0.2, 0.25) is 0 Å². The molecular weight excluding hydrogens is 436 g/mol. The van der Waals surface area contributed by atoms with Crippen molar-refractivity contribution in [3.05, 3.63) is 81.8 Å². The van der Waals surface area contributed by atoms with Gasteiger partial charge < -0.3 is 25.6 Å². The fourth-order valence-corrected chi connectivity index (χ4v) is 3.87. The molecule has 0 saturated carbocycles. The van der Waals surface area contributed by atoms with Gasteiger partial charge in [0.1, 0.15) is 11.5 Å². The van der Waals surface area contributed by atoms with Crippen LogP contribution in [0.25, 0.3) is 0 Å². The largest absolute Gasteiger partial charge is 0.508 e. The van der Waals surface area contributed by atoms with Gasteiger partial charge in [-0.25, -0.2) is 0 Å². The quantitative estimate of drug-likeness (QED) is 0.200. The first kappa shape index (κ1) is 25.3. The summed E-state index contributed by atoms with van der Waals surface area (Å²) in [5.41, 5.74) is 1.84. The van der Waals surface area contributed by atoms with Crippen molar-refractivity contribution in [3.63, 3.8) is 0 Å². The van der Waals surface area contributed by atoms with Gasteiger partial charge in [-0.1, -0.05) is 30.7 Å². The highest BCUT2D eigenvalue weighted by atomic mass is 16.6. The average Bonchev–Trinajstić information content (AvgIpc) is 2.83. The Kier molecular flexibility index (Phi) is 9.99. The molecule has 0 spiro atoms. The molecule has 34 heavy (non-hydrogen) atoms. The van der Waals surface area contributed by atoms with Crippen LogP contribution >= 0.6 is 0 Å². The lowest BCUT2D eigenvalue weighted by molar-refractivity contribution is -0.404. The van der Waals surface area contributed by atoms with Crippen LogP contribution in [0.4, 0.5) is 0 Å². The second kappa shape index (κ2) is 13.4. The third-order valence-electron chi connectivity index (χ3n) is 5.66. The monoisotopic (exact) mass is 470 g/mol. The van der Waals surface area contributed by atoms with Crippen molar-refractivity contribution in [1.82, 2.24) is 15.5 Å². The maximum Gasteiger partial charge on any atom is 0.274 e. The minimum Gasteiger partial charge on any atom is -0.508 e. The third-order valence-corrected chi connectivity index (χ3v) is 5.66. The number of phenols is 1. The number of nitrogens with zero attached hydrogens (tertiary/aromatic N) is 2. The molecule has 1 aliphatic heterocycles. The van der Waals surface area contributed by atoms with Crippen molar-refractivity contribution in [1.29, 1.82) is 0 Å². The summed E-state index contributed by atoms with van der Waals surface area (Å²) < 4.78 is 5.87. The highest BCUT2D eigenvalue weighted by Gasteiger charge is 2.11. The van der Waals surface area contributed by atoms with Crippen molar-refractivity contribution in [3.8, 4) is 11.5 Å². The van der Waals surface area contributed by atoms with Gasteiger partial charge in [0.25, 0.3) is 6.20 Å². The Bertz CT molecular complexity index is 929. The van der Waals surface area contributed by atoms with Crippen LogP contribution in [-0.4, -0.2) is 52.8 Å². The molecule has 184 valence electrons. The number of piperidine rings is 1. The first-order valence-corrected chi connectivity index (χ1v) is 11.7. The molecule has 3 rings (SSSR count). The lowest BCUT2D eigenvalue weighted by Crippen LogP contribution is -2.31. The number of benzene rings is 2. The predicted molar refractivity (Wildman–Crippen MR) is 130 cm³/mol. The second-order valence-corrected chi connectivity index (χ2v) is 8.43. The number of aliphatic hydroxyl groups excluding tert-OH is 1. The van der Waals surface area contributed by atoms with Crippen LogP contribution in [0.3, 0.4) is 0 Å². The molecule has 4 N–H and O–H groups in total. The number of hydrogen-bond donors (Lipinski definition) is 4. The van der Waals surface area contributed by atoms with Gasteiger partial charge in [-0.3, -0.25) is 15.0 Å². The number of nitrogens with one attached hydrogen (secondary N) is 2. The van der Waals surface area contributed by atoms with Crippen LogP contribution in [0.1, 0.15) is 42.9 Å². The zero-order valence-electron chi connectivity index (χ0n) is 19.4. The van der Waals surface area contributed by atoms with E-state index in [4.69, 9.17) is 4.74 Å². The molecule has 0 aliphatic carbocycles. The number of phenolic OH excluding ortho intramolecular Hbond substituents is 1. The van der Waals surface area contributed by atoms with Gasteiger partial charge in [-0.05, 0) is 67.7 Å². The number of hydrogen-bond acceptors (Lipinski definition) is 8. The molecule has 1 heterocycles. The number of aliphatic hydroxyl groups is 1. The highest BCUT2D eigenvalue weighted by molar-refractivity contribution is 5.29. The van der Waals surface area contributed by atoms with Gasteiger partial charge in [0.2, 0.25) is 0 Å². The Morgan fingerprint density at radius 3 is 2.65 bits per heavy atom. The van der Waals surface area contributed by atoms with E-state index < -0.39 is 11.0 Å². The van der Waals surface area contributed by atoms with Gasteiger partial charge in [0, 0.05) is 19.6 Å². The van der Waals surface area contributed by atoms with Crippen LogP contribution in [0.15, 0.2) is 60.6 Å². The maximum atomic E-state index is 10.9. The number of aromatic hydroxyl groups is 1. The summed E-state index contributed by atoms with van der Waals surface area (Å²) in [6.07, 6.45) is 4.46. The Balaban J connectivity index is 1.39. The van der Waals surface area contributed by atoms with Crippen molar-refractivity contribution >= 4 is 0 Å². The highest BCUT2D eigenvalue weighted by Crippen LogP contribution is 2.18.